The SMILES string of the molecule is Cl.O=C(Cc1cccc(OCc2cccc(Cl)c2)c1)N1CCCNCC1. The van der Waals surface area contributed by atoms with Gasteiger partial charge in [-0.25, -0.2) is 0 Å². The van der Waals surface area contributed by atoms with Crippen LogP contribution < -0.4 is 10.1 Å². The van der Waals surface area contributed by atoms with Gasteiger partial charge in [0.1, 0.15) is 12.4 Å². The molecule has 1 aliphatic heterocycles. The van der Waals surface area contributed by atoms with Crippen LogP contribution in [0.2, 0.25) is 5.02 Å². The second-order valence-corrected chi connectivity index (χ2v) is 6.66. The van der Waals surface area contributed by atoms with Crippen LogP contribution in [0.15, 0.2) is 48.5 Å². The first kappa shape index (κ1) is 20.6. The smallest absolute Gasteiger partial charge is 0.227 e. The molecule has 0 aromatic heterocycles. The molecular formula is C20H24Cl2N2O2. The number of carbonyl (C=O) groups is 1. The van der Waals surface area contributed by atoms with Crippen molar-refractivity contribution < 1.29 is 9.53 Å². The van der Waals surface area contributed by atoms with Gasteiger partial charge in [0.2, 0.25) is 5.91 Å². The minimum absolute atomic E-state index is 0. The lowest BCUT2D eigenvalue weighted by Gasteiger charge is -2.20. The number of nitrogens with zero attached hydrogens (tertiary/aromatic N) is 1. The number of ether oxygens (including phenoxy) is 1. The van der Waals surface area contributed by atoms with Crippen LogP contribution in [-0.4, -0.2) is 37.0 Å². The number of benzene rings is 2. The summed E-state index contributed by atoms with van der Waals surface area (Å²) >= 11 is 5.99. The van der Waals surface area contributed by atoms with E-state index < -0.39 is 0 Å². The quantitative estimate of drug-likeness (QED) is 0.840. The van der Waals surface area contributed by atoms with Gasteiger partial charge in [-0.2, -0.15) is 0 Å². The fourth-order valence-corrected chi connectivity index (χ4v) is 3.13. The van der Waals surface area contributed by atoms with Crippen molar-refractivity contribution >= 4 is 29.9 Å². The molecule has 1 heterocycles. The minimum Gasteiger partial charge on any atom is -0.489 e. The zero-order valence-corrected chi connectivity index (χ0v) is 16.2. The van der Waals surface area contributed by atoms with Gasteiger partial charge in [-0.1, -0.05) is 35.9 Å². The van der Waals surface area contributed by atoms with Gasteiger partial charge in [0.25, 0.3) is 0 Å². The van der Waals surface area contributed by atoms with E-state index in [1.54, 1.807) is 0 Å². The lowest BCUT2D eigenvalue weighted by Crippen LogP contribution is -2.35. The average Bonchev–Trinajstić information content (AvgIpc) is 2.90. The van der Waals surface area contributed by atoms with Crippen molar-refractivity contribution in [2.45, 2.75) is 19.4 Å². The van der Waals surface area contributed by atoms with Crippen molar-refractivity contribution in [3.63, 3.8) is 0 Å². The van der Waals surface area contributed by atoms with E-state index in [4.69, 9.17) is 16.3 Å². The molecule has 1 saturated heterocycles. The lowest BCUT2D eigenvalue weighted by molar-refractivity contribution is -0.130. The highest BCUT2D eigenvalue weighted by molar-refractivity contribution is 6.30. The first-order valence-corrected chi connectivity index (χ1v) is 9.03. The summed E-state index contributed by atoms with van der Waals surface area (Å²) in [4.78, 5) is 14.4. The van der Waals surface area contributed by atoms with Crippen LogP contribution in [0.5, 0.6) is 5.75 Å². The number of hydrogen-bond acceptors (Lipinski definition) is 3. The van der Waals surface area contributed by atoms with E-state index >= 15 is 0 Å². The minimum atomic E-state index is 0. The number of nitrogens with one attached hydrogen (secondary N) is 1. The molecule has 1 aliphatic rings. The summed E-state index contributed by atoms with van der Waals surface area (Å²) < 4.78 is 5.84. The van der Waals surface area contributed by atoms with Crippen molar-refractivity contribution in [2.75, 3.05) is 26.2 Å². The molecule has 0 atom stereocenters. The maximum Gasteiger partial charge on any atom is 0.227 e. The van der Waals surface area contributed by atoms with Crippen molar-refractivity contribution in [1.82, 2.24) is 10.2 Å². The normalized spacial score (nSPS) is 14.3. The Hall–Kier alpha value is -1.75. The molecule has 1 fully saturated rings. The molecule has 140 valence electrons. The van der Waals surface area contributed by atoms with Crippen LogP contribution in [0.1, 0.15) is 17.5 Å². The number of amides is 1. The van der Waals surface area contributed by atoms with Gasteiger partial charge in [-0.15, -0.1) is 12.4 Å². The third-order valence-electron chi connectivity index (χ3n) is 4.24. The number of hydrogen-bond donors (Lipinski definition) is 1. The van der Waals surface area contributed by atoms with Crippen LogP contribution in [-0.2, 0) is 17.8 Å². The van der Waals surface area contributed by atoms with Crippen LogP contribution in [0, 0.1) is 0 Å². The molecule has 2 aromatic rings. The van der Waals surface area contributed by atoms with E-state index in [0.717, 1.165) is 49.5 Å². The number of halogens is 2. The average molecular weight is 395 g/mol. The molecule has 26 heavy (non-hydrogen) atoms. The van der Waals surface area contributed by atoms with Gasteiger partial charge in [0, 0.05) is 24.7 Å². The maximum atomic E-state index is 12.5. The fourth-order valence-electron chi connectivity index (χ4n) is 2.92. The Morgan fingerprint density at radius 2 is 1.88 bits per heavy atom. The topological polar surface area (TPSA) is 41.6 Å². The molecule has 0 aliphatic carbocycles. The van der Waals surface area contributed by atoms with Crippen LogP contribution in [0.3, 0.4) is 0 Å². The van der Waals surface area contributed by atoms with Gasteiger partial charge >= 0.3 is 0 Å². The summed E-state index contributed by atoms with van der Waals surface area (Å²) in [5, 5.41) is 4.02. The molecular weight excluding hydrogens is 371 g/mol. The Balaban J connectivity index is 0.00000243. The molecule has 0 radical (unpaired) electrons. The summed E-state index contributed by atoms with van der Waals surface area (Å²) in [7, 11) is 0. The van der Waals surface area contributed by atoms with E-state index in [2.05, 4.69) is 5.32 Å². The Kier molecular flexibility index (Phi) is 8.23. The second kappa shape index (κ2) is 10.4. The van der Waals surface area contributed by atoms with Gasteiger partial charge in [-0.05, 0) is 48.4 Å². The molecule has 2 aromatic carbocycles. The van der Waals surface area contributed by atoms with E-state index in [-0.39, 0.29) is 18.3 Å². The molecule has 0 bridgehead atoms. The lowest BCUT2D eigenvalue weighted by atomic mass is 10.1. The Labute approximate surface area is 165 Å². The highest BCUT2D eigenvalue weighted by atomic mass is 35.5. The number of carbonyl (C=O) groups excluding carboxylic acids is 1. The highest BCUT2D eigenvalue weighted by Crippen LogP contribution is 2.18. The summed E-state index contributed by atoms with van der Waals surface area (Å²) in [6, 6.07) is 15.4. The summed E-state index contributed by atoms with van der Waals surface area (Å²) in [6.07, 6.45) is 1.42. The Morgan fingerprint density at radius 1 is 1.08 bits per heavy atom. The van der Waals surface area contributed by atoms with E-state index in [9.17, 15) is 4.79 Å². The molecule has 0 unspecified atom stereocenters. The number of rotatable bonds is 5. The van der Waals surface area contributed by atoms with Crippen molar-refractivity contribution in [1.29, 1.82) is 0 Å². The van der Waals surface area contributed by atoms with Gasteiger partial charge in [0.05, 0.1) is 6.42 Å². The molecule has 1 N–H and O–H groups in total. The Morgan fingerprint density at radius 3 is 2.73 bits per heavy atom. The molecule has 0 spiro atoms. The predicted octanol–water partition coefficient (Wildman–Crippen LogP) is 3.71. The summed E-state index contributed by atoms with van der Waals surface area (Å²) in [5.74, 6) is 0.943. The predicted molar refractivity (Wildman–Crippen MR) is 107 cm³/mol. The molecule has 0 saturated carbocycles. The fraction of sp³-hybridized carbons (Fsp3) is 0.350. The molecule has 1 amide bonds. The maximum absolute atomic E-state index is 12.5. The standard InChI is InChI=1S/C20H23ClN2O2.ClH/c21-18-6-1-5-17(12-18)15-25-19-7-2-4-16(13-19)14-20(24)23-10-3-8-22-9-11-23;/h1-2,4-7,12-13,22H,3,8-11,14-15H2;1H. The third-order valence-corrected chi connectivity index (χ3v) is 4.48. The van der Waals surface area contributed by atoms with Crippen molar-refractivity contribution in [2.24, 2.45) is 0 Å². The summed E-state index contributed by atoms with van der Waals surface area (Å²) in [6.45, 7) is 3.92. The van der Waals surface area contributed by atoms with Gasteiger partial charge in [0.15, 0.2) is 0 Å². The third kappa shape index (κ3) is 6.20. The Bertz CT molecular complexity index is 716. The van der Waals surface area contributed by atoms with Crippen LogP contribution in [0.25, 0.3) is 0 Å². The first-order valence-electron chi connectivity index (χ1n) is 8.65. The first-order chi connectivity index (χ1) is 12.2. The van der Waals surface area contributed by atoms with E-state index in [1.807, 2.05) is 53.4 Å². The molecule has 3 rings (SSSR count). The van der Waals surface area contributed by atoms with Gasteiger partial charge < -0.3 is 15.0 Å². The van der Waals surface area contributed by atoms with E-state index in [0.29, 0.717) is 18.1 Å². The zero-order chi connectivity index (χ0) is 17.5. The summed E-state index contributed by atoms with van der Waals surface area (Å²) in [5.41, 5.74) is 2.00. The van der Waals surface area contributed by atoms with Crippen LogP contribution in [0.4, 0.5) is 0 Å². The van der Waals surface area contributed by atoms with E-state index in [1.165, 1.54) is 0 Å². The molecule has 6 heteroatoms. The zero-order valence-electron chi connectivity index (χ0n) is 14.6. The van der Waals surface area contributed by atoms with Crippen molar-refractivity contribution in [3.8, 4) is 5.75 Å². The van der Waals surface area contributed by atoms with Crippen molar-refractivity contribution in [3.05, 3.63) is 64.7 Å². The monoisotopic (exact) mass is 394 g/mol. The molecule has 4 nitrogen and oxygen atoms in total. The largest absolute Gasteiger partial charge is 0.489 e. The van der Waals surface area contributed by atoms with Crippen LogP contribution >= 0.6 is 24.0 Å². The highest BCUT2D eigenvalue weighted by Gasteiger charge is 2.15. The van der Waals surface area contributed by atoms with Gasteiger partial charge in [-0.3, -0.25) is 4.79 Å². The second-order valence-electron chi connectivity index (χ2n) is 6.23.